The van der Waals surface area contributed by atoms with Gasteiger partial charge in [-0.05, 0) is 25.2 Å². The molecular weight excluding hydrogens is 432 g/mol. The van der Waals surface area contributed by atoms with E-state index in [0.717, 1.165) is 4.68 Å². The Labute approximate surface area is 178 Å². The molecule has 1 saturated heterocycles. The Balaban J connectivity index is 0.000000260. The van der Waals surface area contributed by atoms with E-state index in [4.69, 9.17) is 11.5 Å². The van der Waals surface area contributed by atoms with E-state index in [9.17, 15) is 17.6 Å². The molecule has 0 unspecified atom stereocenters. The Hall–Kier alpha value is -3.55. The molecule has 32 heavy (non-hydrogen) atoms. The number of pyridine rings is 1. The predicted molar refractivity (Wildman–Crippen MR) is 109 cm³/mol. The van der Waals surface area contributed by atoms with Gasteiger partial charge in [0, 0.05) is 24.7 Å². The molecule has 0 radical (unpaired) electrons. The second-order valence-corrected chi connectivity index (χ2v) is 7.42. The largest absolute Gasteiger partial charge is 0.382 e. The quantitative estimate of drug-likeness (QED) is 0.451. The molecule has 4 aromatic heterocycles. The number of alkyl halides is 4. The molecule has 0 atom stereocenters. The van der Waals surface area contributed by atoms with Crippen LogP contribution in [0.1, 0.15) is 6.42 Å². The number of hydrogen-bond donors (Lipinski definition) is 2. The van der Waals surface area contributed by atoms with Gasteiger partial charge in [-0.25, -0.2) is 31.7 Å². The number of likely N-dealkylation sites (tertiary alicyclic amines) is 1. The van der Waals surface area contributed by atoms with Crippen molar-refractivity contribution in [1.82, 2.24) is 39.5 Å². The van der Waals surface area contributed by atoms with Crippen LogP contribution in [-0.2, 0) is 6.54 Å². The summed E-state index contributed by atoms with van der Waals surface area (Å²) >= 11 is 0. The molecule has 5 rings (SSSR count). The van der Waals surface area contributed by atoms with Crippen molar-refractivity contribution in [3.05, 3.63) is 24.4 Å². The number of nitrogens with zero attached hydrogens (tertiary/aromatic N) is 8. The van der Waals surface area contributed by atoms with Crippen LogP contribution in [-0.4, -0.2) is 72.0 Å². The first-order valence-corrected chi connectivity index (χ1v) is 9.58. The second kappa shape index (κ2) is 8.18. The van der Waals surface area contributed by atoms with Gasteiger partial charge in [0.2, 0.25) is 5.95 Å². The third-order valence-electron chi connectivity index (χ3n) is 4.86. The van der Waals surface area contributed by atoms with Crippen LogP contribution in [0.4, 0.5) is 29.3 Å². The van der Waals surface area contributed by atoms with Gasteiger partial charge in [0.1, 0.15) is 17.6 Å². The van der Waals surface area contributed by atoms with Crippen molar-refractivity contribution < 1.29 is 17.6 Å². The van der Waals surface area contributed by atoms with E-state index < -0.39 is 18.9 Å². The Morgan fingerprint density at radius 2 is 1.94 bits per heavy atom. The third kappa shape index (κ3) is 4.39. The minimum atomic E-state index is -2.55. The van der Waals surface area contributed by atoms with Crippen LogP contribution in [0.2, 0.25) is 0 Å². The molecule has 4 N–H and O–H groups in total. The number of nitrogens with two attached hydrogens (primary N) is 2. The molecule has 170 valence electrons. The fourth-order valence-electron chi connectivity index (χ4n) is 3.44. The molecule has 0 aliphatic carbocycles. The van der Waals surface area contributed by atoms with Crippen LogP contribution in [0.5, 0.6) is 0 Å². The predicted octanol–water partition coefficient (Wildman–Crippen LogP) is 1.92. The molecule has 14 heteroatoms. The summed E-state index contributed by atoms with van der Waals surface area (Å²) in [7, 11) is 1.71. The second-order valence-electron chi connectivity index (χ2n) is 7.42. The average Bonchev–Trinajstić information content (AvgIpc) is 3.38. The summed E-state index contributed by atoms with van der Waals surface area (Å²) in [5.74, 6) is -2.16. The van der Waals surface area contributed by atoms with Gasteiger partial charge in [0.25, 0.3) is 12.3 Å². The average molecular weight is 452 g/mol. The van der Waals surface area contributed by atoms with Crippen LogP contribution in [0.25, 0.3) is 27.9 Å². The Morgan fingerprint density at radius 3 is 2.56 bits per heavy atom. The molecule has 1 aliphatic heterocycles. The van der Waals surface area contributed by atoms with Gasteiger partial charge in [-0.3, -0.25) is 0 Å². The van der Waals surface area contributed by atoms with E-state index in [1.807, 2.05) is 0 Å². The van der Waals surface area contributed by atoms with E-state index in [1.165, 1.54) is 4.52 Å². The lowest BCUT2D eigenvalue weighted by Crippen LogP contribution is -2.21. The van der Waals surface area contributed by atoms with Crippen molar-refractivity contribution >= 4 is 28.4 Å². The Bertz CT molecular complexity index is 1250. The number of anilines is 2. The first-order valence-electron chi connectivity index (χ1n) is 9.58. The Morgan fingerprint density at radius 1 is 1.16 bits per heavy atom. The Kier molecular flexibility index (Phi) is 5.54. The summed E-state index contributed by atoms with van der Waals surface area (Å²) in [5, 5.41) is 11.6. The number of rotatable bonds is 3. The minimum Gasteiger partial charge on any atom is -0.382 e. The number of halogens is 4. The number of hydrogen-bond acceptors (Lipinski definition) is 8. The molecular formula is C18H20F4N10. The SMILES string of the molecule is CN1CCC(F)(F)C1.Nc1nc(N)c2c(-c3ccc4nnn(CC(F)F)c4n3)ccn2n1. The van der Waals surface area contributed by atoms with Gasteiger partial charge < -0.3 is 16.4 Å². The van der Waals surface area contributed by atoms with Gasteiger partial charge in [0.05, 0.1) is 12.2 Å². The van der Waals surface area contributed by atoms with Crippen molar-refractivity contribution in [3.63, 3.8) is 0 Å². The summed E-state index contributed by atoms with van der Waals surface area (Å²) < 4.78 is 52.1. The molecule has 1 fully saturated rings. The zero-order valence-corrected chi connectivity index (χ0v) is 17.0. The number of aromatic nitrogens is 7. The van der Waals surface area contributed by atoms with Crippen LogP contribution >= 0.6 is 0 Å². The minimum absolute atomic E-state index is 0.0312. The maximum atomic E-state index is 12.6. The van der Waals surface area contributed by atoms with Crippen molar-refractivity contribution in [2.45, 2.75) is 25.3 Å². The molecule has 0 saturated carbocycles. The van der Waals surface area contributed by atoms with Gasteiger partial charge in [-0.1, -0.05) is 5.21 Å². The highest BCUT2D eigenvalue weighted by atomic mass is 19.3. The molecule has 1 aliphatic rings. The van der Waals surface area contributed by atoms with Crippen molar-refractivity contribution in [1.29, 1.82) is 0 Å². The summed E-state index contributed by atoms with van der Waals surface area (Å²) in [6, 6.07) is 5.11. The fourth-order valence-corrected chi connectivity index (χ4v) is 3.44. The highest BCUT2D eigenvalue weighted by Gasteiger charge is 2.36. The van der Waals surface area contributed by atoms with Gasteiger partial charge in [0.15, 0.2) is 11.5 Å². The smallest absolute Gasteiger partial charge is 0.261 e. The maximum absolute atomic E-state index is 12.6. The molecule has 5 heterocycles. The number of fused-ring (bicyclic) bond motifs is 2. The topological polar surface area (TPSA) is 129 Å². The van der Waals surface area contributed by atoms with E-state index >= 15 is 0 Å². The first-order chi connectivity index (χ1) is 15.1. The molecule has 0 aromatic carbocycles. The summed E-state index contributed by atoms with van der Waals surface area (Å²) in [5.41, 5.74) is 13.9. The summed E-state index contributed by atoms with van der Waals surface area (Å²) in [6.45, 7) is -0.106. The monoisotopic (exact) mass is 452 g/mol. The number of nitrogen functional groups attached to an aromatic ring is 2. The van der Waals surface area contributed by atoms with E-state index in [1.54, 1.807) is 36.3 Å². The van der Waals surface area contributed by atoms with Gasteiger partial charge >= 0.3 is 0 Å². The lowest BCUT2D eigenvalue weighted by Gasteiger charge is -2.06. The lowest BCUT2D eigenvalue weighted by molar-refractivity contribution is 0.0146. The van der Waals surface area contributed by atoms with Crippen LogP contribution in [0.15, 0.2) is 24.4 Å². The van der Waals surface area contributed by atoms with Crippen LogP contribution < -0.4 is 11.5 Å². The molecule has 0 amide bonds. The van der Waals surface area contributed by atoms with E-state index in [-0.39, 0.29) is 30.4 Å². The molecule has 0 bridgehead atoms. The zero-order valence-electron chi connectivity index (χ0n) is 17.0. The van der Waals surface area contributed by atoms with E-state index in [0.29, 0.717) is 28.8 Å². The molecule has 10 nitrogen and oxygen atoms in total. The third-order valence-corrected chi connectivity index (χ3v) is 4.86. The van der Waals surface area contributed by atoms with Crippen molar-refractivity contribution in [2.24, 2.45) is 0 Å². The van der Waals surface area contributed by atoms with Gasteiger partial charge in [-0.2, -0.15) is 4.98 Å². The maximum Gasteiger partial charge on any atom is 0.261 e. The standard InChI is InChI=1S/C13H11F2N9.C5H9F2N/c14-9(15)5-24-12-8(20-22-24)2-1-7(18-12)6-3-4-23-10(6)11(16)19-13(17)21-23;1-8-3-2-5(6,7)4-8/h1-4,9H,5H2,(H4,16,17,19,21);2-4H2,1H3. The summed E-state index contributed by atoms with van der Waals surface area (Å²) in [4.78, 5) is 9.97. The molecule has 0 spiro atoms. The van der Waals surface area contributed by atoms with Crippen molar-refractivity contribution in [2.75, 3.05) is 31.6 Å². The normalized spacial score (nSPS) is 16.1. The molecule has 4 aromatic rings. The highest BCUT2D eigenvalue weighted by Crippen LogP contribution is 2.28. The lowest BCUT2D eigenvalue weighted by atomic mass is 10.2. The van der Waals surface area contributed by atoms with E-state index in [2.05, 4.69) is 25.4 Å². The van der Waals surface area contributed by atoms with Crippen LogP contribution in [0, 0.1) is 0 Å². The first kappa shape index (κ1) is 21.7. The van der Waals surface area contributed by atoms with Crippen molar-refractivity contribution in [3.8, 4) is 11.3 Å². The zero-order chi connectivity index (χ0) is 23.0. The summed E-state index contributed by atoms with van der Waals surface area (Å²) in [6.07, 6.45) is -0.855. The van der Waals surface area contributed by atoms with Crippen LogP contribution in [0.3, 0.4) is 0 Å². The highest BCUT2D eigenvalue weighted by molar-refractivity contribution is 5.88. The van der Waals surface area contributed by atoms with Gasteiger partial charge in [-0.15, -0.1) is 10.2 Å². The fraction of sp³-hybridized carbons (Fsp3) is 0.389.